The number of aromatic nitrogens is 2. The van der Waals surface area contributed by atoms with Gasteiger partial charge in [-0.3, -0.25) is 9.89 Å². The second-order valence-electron chi connectivity index (χ2n) is 4.78. The molecule has 0 aliphatic carbocycles. The van der Waals surface area contributed by atoms with E-state index in [9.17, 15) is 4.79 Å². The Kier molecular flexibility index (Phi) is 3.93. The van der Waals surface area contributed by atoms with Crippen molar-refractivity contribution >= 4 is 23.1 Å². The Balaban J connectivity index is 1.77. The molecule has 0 radical (unpaired) electrons. The van der Waals surface area contributed by atoms with Crippen molar-refractivity contribution < 1.29 is 9.53 Å². The molecule has 0 bridgehead atoms. The minimum Gasteiger partial charge on any atom is -0.496 e. The van der Waals surface area contributed by atoms with E-state index in [0.717, 1.165) is 16.1 Å². The number of nitrogens with zero attached hydrogens (tertiary/aromatic N) is 1. The number of thiophene rings is 1. The molecular formula is C16H15N3O2S. The van der Waals surface area contributed by atoms with Gasteiger partial charge in [0.2, 0.25) is 0 Å². The Bertz CT molecular complexity index is 794. The second kappa shape index (κ2) is 6.03. The largest absolute Gasteiger partial charge is 0.496 e. The summed E-state index contributed by atoms with van der Waals surface area (Å²) in [5.74, 6) is 0.962. The van der Waals surface area contributed by atoms with Gasteiger partial charge in [-0.15, -0.1) is 11.3 Å². The van der Waals surface area contributed by atoms with E-state index in [4.69, 9.17) is 4.74 Å². The average molecular weight is 313 g/mol. The van der Waals surface area contributed by atoms with Gasteiger partial charge in [-0.1, -0.05) is 12.1 Å². The third kappa shape index (κ3) is 2.87. The van der Waals surface area contributed by atoms with Crippen LogP contribution in [0.3, 0.4) is 0 Å². The lowest BCUT2D eigenvalue weighted by atomic mass is 10.1. The fraction of sp³-hybridized carbons (Fsp3) is 0.125. The van der Waals surface area contributed by atoms with Crippen LogP contribution in [0.4, 0.5) is 5.82 Å². The number of amides is 1. The van der Waals surface area contributed by atoms with Crippen molar-refractivity contribution in [3.63, 3.8) is 0 Å². The first kappa shape index (κ1) is 14.3. The number of aryl methyl sites for hydroxylation is 1. The number of hydrogen-bond donors (Lipinski definition) is 2. The number of nitrogens with one attached hydrogen (secondary N) is 2. The normalized spacial score (nSPS) is 10.5. The number of benzene rings is 1. The van der Waals surface area contributed by atoms with Crippen LogP contribution in [0.15, 0.2) is 41.8 Å². The Hall–Kier alpha value is -2.60. The van der Waals surface area contributed by atoms with Crippen molar-refractivity contribution in [3.8, 4) is 16.3 Å². The minimum absolute atomic E-state index is 0.220. The molecule has 0 aliphatic heterocycles. The molecule has 0 spiro atoms. The second-order valence-corrected chi connectivity index (χ2v) is 5.73. The number of carbonyl (C=O) groups is 1. The van der Waals surface area contributed by atoms with Crippen LogP contribution in [0.5, 0.6) is 5.75 Å². The van der Waals surface area contributed by atoms with Crippen LogP contribution in [-0.4, -0.2) is 23.2 Å². The van der Waals surface area contributed by atoms with E-state index in [2.05, 4.69) is 15.5 Å². The van der Waals surface area contributed by atoms with Gasteiger partial charge in [-0.25, -0.2) is 0 Å². The van der Waals surface area contributed by atoms with Crippen molar-refractivity contribution in [2.75, 3.05) is 12.4 Å². The molecule has 3 aromatic rings. The number of aromatic amines is 1. The third-order valence-corrected chi connectivity index (χ3v) is 4.18. The molecule has 0 saturated heterocycles. The van der Waals surface area contributed by atoms with E-state index < -0.39 is 0 Å². The molecule has 1 amide bonds. The van der Waals surface area contributed by atoms with Crippen LogP contribution in [0.25, 0.3) is 10.6 Å². The zero-order valence-electron chi connectivity index (χ0n) is 12.2. The number of carbonyl (C=O) groups excluding carboxylic acids is 1. The predicted octanol–water partition coefficient (Wildman–Crippen LogP) is 3.71. The van der Waals surface area contributed by atoms with Gasteiger partial charge in [0.05, 0.1) is 17.7 Å². The van der Waals surface area contributed by atoms with Gasteiger partial charge in [0.1, 0.15) is 5.75 Å². The quantitative estimate of drug-likeness (QED) is 0.771. The summed E-state index contributed by atoms with van der Waals surface area (Å²) in [7, 11) is 1.59. The SMILES string of the molecule is COc1cc(C(=O)Nc2cc(-c3cccs3)[nH]n2)ccc1C. The lowest BCUT2D eigenvalue weighted by Gasteiger charge is -2.07. The zero-order chi connectivity index (χ0) is 15.5. The first-order chi connectivity index (χ1) is 10.7. The molecule has 1 aromatic carbocycles. The van der Waals surface area contributed by atoms with E-state index in [1.165, 1.54) is 0 Å². The first-order valence-electron chi connectivity index (χ1n) is 6.72. The minimum atomic E-state index is -0.220. The Morgan fingerprint density at radius 3 is 2.91 bits per heavy atom. The maximum Gasteiger partial charge on any atom is 0.256 e. The van der Waals surface area contributed by atoms with E-state index in [-0.39, 0.29) is 5.91 Å². The molecule has 0 atom stereocenters. The topological polar surface area (TPSA) is 67.0 Å². The van der Waals surface area contributed by atoms with Crippen molar-refractivity contribution in [2.45, 2.75) is 6.92 Å². The lowest BCUT2D eigenvalue weighted by Crippen LogP contribution is -2.12. The Labute approximate surface area is 132 Å². The summed E-state index contributed by atoms with van der Waals surface area (Å²) in [6.45, 7) is 1.93. The van der Waals surface area contributed by atoms with Crippen LogP contribution >= 0.6 is 11.3 Å². The number of methoxy groups -OCH3 is 1. The molecule has 0 saturated carbocycles. The fourth-order valence-corrected chi connectivity index (χ4v) is 2.79. The van der Waals surface area contributed by atoms with Crippen LogP contribution in [-0.2, 0) is 0 Å². The van der Waals surface area contributed by atoms with Crippen LogP contribution < -0.4 is 10.1 Å². The lowest BCUT2D eigenvalue weighted by molar-refractivity contribution is 0.102. The summed E-state index contributed by atoms with van der Waals surface area (Å²) in [5, 5.41) is 11.8. The summed E-state index contributed by atoms with van der Waals surface area (Å²) in [4.78, 5) is 13.3. The first-order valence-corrected chi connectivity index (χ1v) is 7.60. The molecule has 0 unspecified atom stereocenters. The number of hydrogen-bond acceptors (Lipinski definition) is 4. The number of ether oxygens (including phenoxy) is 1. The van der Waals surface area contributed by atoms with Crippen molar-refractivity contribution in [2.24, 2.45) is 0 Å². The Morgan fingerprint density at radius 1 is 1.32 bits per heavy atom. The molecule has 2 heterocycles. The highest BCUT2D eigenvalue weighted by Crippen LogP contribution is 2.25. The summed E-state index contributed by atoms with van der Waals surface area (Å²) in [5.41, 5.74) is 2.40. The summed E-state index contributed by atoms with van der Waals surface area (Å²) >= 11 is 1.61. The fourth-order valence-electron chi connectivity index (χ4n) is 2.09. The number of anilines is 1. The van der Waals surface area contributed by atoms with Crippen LogP contribution in [0.2, 0.25) is 0 Å². The molecule has 0 fully saturated rings. The van der Waals surface area contributed by atoms with E-state index in [0.29, 0.717) is 17.1 Å². The third-order valence-electron chi connectivity index (χ3n) is 3.28. The average Bonchev–Trinajstić information content (AvgIpc) is 3.18. The molecule has 5 nitrogen and oxygen atoms in total. The van der Waals surface area contributed by atoms with Gasteiger partial charge in [0.25, 0.3) is 5.91 Å². The number of rotatable bonds is 4. The highest BCUT2D eigenvalue weighted by molar-refractivity contribution is 7.13. The van der Waals surface area contributed by atoms with Crippen molar-refractivity contribution in [3.05, 3.63) is 52.9 Å². The monoisotopic (exact) mass is 313 g/mol. The van der Waals surface area contributed by atoms with Gasteiger partial charge < -0.3 is 10.1 Å². The predicted molar refractivity (Wildman–Crippen MR) is 87.6 cm³/mol. The standard InChI is InChI=1S/C16H15N3O2S/c1-10-5-6-11(8-13(10)21-2)16(20)17-15-9-12(18-19-15)14-4-3-7-22-14/h3-9H,1-2H3,(H2,17,18,19,20). The molecule has 3 rings (SSSR count). The summed E-state index contributed by atoms with van der Waals surface area (Å²) in [6, 6.07) is 11.1. The molecule has 0 aliphatic rings. The summed E-state index contributed by atoms with van der Waals surface area (Å²) < 4.78 is 5.24. The van der Waals surface area contributed by atoms with Gasteiger partial charge in [0.15, 0.2) is 5.82 Å². The Morgan fingerprint density at radius 2 is 2.18 bits per heavy atom. The smallest absolute Gasteiger partial charge is 0.256 e. The van der Waals surface area contributed by atoms with Gasteiger partial charge in [0, 0.05) is 11.6 Å². The van der Waals surface area contributed by atoms with Crippen LogP contribution in [0, 0.1) is 6.92 Å². The molecule has 2 aromatic heterocycles. The van der Waals surface area contributed by atoms with Gasteiger partial charge in [-0.2, -0.15) is 5.10 Å². The van der Waals surface area contributed by atoms with E-state index in [1.807, 2.05) is 36.6 Å². The van der Waals surface area contributed by atoms with Gasteiger partial charge >= 0.3 is 0 Å². The maximum absolute atomic E-state index is 12.3. The van der Waals surface area contributed by atoms with Crippen molar-refractivity contribution in [1.29, 1.82) is 0 Å². The van der Waals surface area contributed by atoms with Crippen molar-refractivity contribution in [1.82, 2.24) is 10.2 Å². The molecule has 2 N–H and O–H groups in total. The molecular weight excluding hydrogens is 298 g/mol. The summed E-state index contributed by atoms with van der Waals surface area (Å²) in [6.07, 6.45) is 0. The maximum atomic E-state index is 12.3. The van der Waals surface area contributed by atoms with E-state index >= 15 is 0 Å². The molecule has 112 valence electrons. The zero-order valence-corrected chi connectivity index (χ0v) is 13.0. The molecule has 22 heavy (non-hydrogen) atoms. The number of H-pyrrole nitrogens is 1. The van der Waals surface area contributed by atoms with Gasteiger partial charge in [-0.05, 0) is 36.1 Å². The highest BCUT2D eigenvalue weighted by atomic mass is 32.1. The van der Waals surface area contributed by atoms with Crippen LogP contribution in [0.1, 0.15) is 15.9 Å². The molecule has 6 heteroatoms. The van der Waals surface area contributed by atoms with E-state index in [1.54, 1.807) is 30.6 Å². The highest BCUT2D eigenvalue weighted by Gasteiger charge is 2.11.